The first-order chi connectivity index (χ1) is 16.1. The van der Waals surface area contributed by atoms with Crippen LogP contribution in [0.2, 0.25) is 0 Å². The fraction of sp³-hybridized carbons (Fsp3) is 0.474. The van der Waals surface area contributed by atoms with Gasteiger partial charge in [0.25, 0.3) is 5.56 Å². The second-order valence-electron chi connectivity index (χ2n) is 9.53. The summed E-state index contributed by atoms with van der Waals surface area (Å²) in [5, 5.41) is 18.1. The van der Waals surface area contributed by atoms with E-state index in [1.165, 1.54) is 23.5 Å². The predicted octanol–water partition coefficient (Wildman–Crippen LogP) is -2.01. The molecule has 1 aromatic carbocycles. The number of rotatable bonds is 5. The number of aliphatic hydroxyl groups excluding tert-OH is 2. The summed E-state index contributed by atoms with van der Waals surface area (Å²) in [4.78, 5) is 26.3. The van der Waals surface area contributed by atoms with Crippen LogP contribution in [0, 0.1) is 13.8 Å². The second-order valence-corrected chi connectivity index (χ2v) is 11.0. The number of hydrogen-bond donors (Lipinski definition) is 3. The van der Waals surface area contributed by atoms with Gasteiger partial charge in [-0.1, -0.05) is 17.7 Å². The minimum atomic E-state index is -4.32. The zero-order valence-electron chi connectivity index (χ0n) is 20.0. The van der Waals surface area contributed by atoms with Crippen molar-refractivity contribution >= 4 is 31.4 Å². The van der Waals surface area contributed by atoms with E-state index >= 15 is 4.39 Å². The lowest BCUT2D eigenvalue weighted by atomic mass is 9.60. The van der Waals surface area contributed by atoms with Gasteiger partial charge in [0.2, 0.25) is 5.85 Å². The first-order valence-corrected chi connectivity index (χ1v) is 12.4. The van der Waals surface area contributed by atoms with Crippen molar-refractivity contribution in [1.82, 2.24) is 9.55 Å². The average Bonchev–Trinajstić information content (AvgIpc) is 2.98. The maximum atomic E-state index is 16.3. The van der Waals surface area contributed by atoms with Crippen LogP contribution in [0.4, 0.5) is 4.39 Å². The highest BCUT2D eigenvalue weighted by molar-refractivity contribution is 7.49. The zero-order valence-corrected chi connectivity index (χ0v) is 20.8. The molecule has 1 aromatic heterocycles. The molecule has 0 aliphatic carbocycles. The van der Waals surface area contributed by atoms with E-state index in [1.54, 1.807) is 6.92 Å². The Bertz CT molecular complexity index is 1350. The van der Waals surface area contributed by atoms with E-state index in [2.05, 4.69) is 0 Å². The summed E-state index contributed by atoms with van der Waals surface area (Å²) >= 11 is 0. The van der Waals surface area contributed by atoms with Crippen molar-refractivity contribution in [2.75, 3.05) is 0 Å². The number of benzene rings is 1. The van der Waals surface area contributed by atoms with Crippen LogP contribution >= 0.6 is 7.82 Å². The third-order valence-corrected chi connectivity index (χ3v) is 7.95. The highest BCUT2D eigenvalue weighted by Gasteiger charge is 2.63. The molecule has 11 nitrogen and oxygen atoms in total. The third kappa shape index (κ3) is 4.34. The van der Waals surface area contributed by atoms with E-state index in [0.29, 0.717) is 16.9 Å². The minimum absolute atomic E-state index is 0.0809. The number of aryl methyl sites for hydroxylation is 2. The summed E-state index contributed by atoms with van der Waals surface area (Å²) in [5.41, 5.74) is -1.65. The van der Waals surface area contributed by atoms with Crippen LogP contribution in [-0.4, -0.2) is 60.7 Å². The summed E-state index contributed by atoms with van der Waals surface area (Å²) in [6, 6.07) is 3.65. The van der Waals surface area contributed by atoms with Gasteiger partial charge in [0.15, 0.2) is 7.85 Å². The number of hydrogen-bond acceptors (Lipinski definition) is 9. The molecule has 16 heteroatoms. The Morgan fingerprint density at radius 2 is 2.06 bits per heavy atom. The van der Waals surface area contributed by atoms with Gasteiger partial charge in [-0.15, -0.1) is 0 Å². The summed E-state index contributed by atoms with van der Waals surface area (Å²) in [7, 11) is -0.566. The molecule has 3 heterocycles. The molecule has 3 N–H and O–H groups in total. The highest BCUT2D eigenvalue weighted by atomic mass is 31.2. The van der Waals surface area contributed by atoms with E-state index in [-0.39, 0.29) is 12.2 Å². The summed E-state index contributed by atoms with van der Waals surface area (Å²) < 4.78 is 52.6. The quantitative estimate of drug-likeness (QED) is 0.308. The molecule has 2 aliphatic heterocycles. The molecule has 186 valence electrons. The first kappa shape index (κ1) is 25.9. The number of nitrogens with zero attached hydrogens (tertiary/aromatic N) is 1. The zero-order chi connectivity index (χ0) is 26.0. The van der Waals surface area contributed by atoms with E-state index in [0.717, 1.165) is 16.3 Å². The molecule has 4 atom stereocenters. The van der Waals surface area contributed by atoms with Crippen molar-refractivity contribution < 1.29 is 37.5 Å². The van der Waals surface area contributed by atoms with Crippen LogP contribution < -0.4 is 15.8 Å². The lowest BCUT2D eigenvalue weighted by Crippen LogP contribution is -2.56. The fourth-order valence-corrected chi connectivity index (χ4v) is 5.99. The summed E-state index contributed by atoms with van der Waals surface area (Å²) in [5.74, 6) is -2.45. The summed E-state index contributed by atoms with van der Waals surface area (Å²) in [6.45, 7) is 2.89. The number of alkyl halides is 1. The third-order valence-electron chi connectivity index (χ3n) is 6.42. The Kier molecular flexibility index (Phi) is 6.27. The average molecular weight is 508 g/mol. The maximum absolute atomic E-state index is 16.3. The molecule has 4 rings (SSSR count). The summed E-state index contributed by atoms with van der Waals surface area (Å²) in [6.07, 6.45) is -1.28. The SMILES string of the molecule is BC(B)(OP1(=O)OCc2cc(C)cc(C)c2O1)[C@]1(F)C[C@@H](O)[C@](B)(n2cc(CO)c(=O)[nH]c2=O)O1. The molecule has 2 aromatic rings. The van der Waals surface area contributed by atoms with Gasteiger partial charge >= 0.3 is 13.5 Å². The van der Waals surface area contributed by atoms with Gasteiger partial charge in [-0.3, -0.25) is 23.4 Å². The standard InChI is InChI=1S/C19H25B3FN2O9P/c1-9-3-10(2)14-11(4-9)8-31-35(30,32-14)34-19(21,22)17(23)5-13(27)18(20,33-17)25-6-12(7-26)15(28)24-16(25)29/h3-4,6,13,26-27H,5,7-8,20-22H2,1-2H3,(H,24,28,29)/t13-,17+,18+,35?/m1/s1. The lowest BCUT2D eigenvalue weighted by Gasteiger charge is -2.41. The van der Waals surface area contributed by atoms with Crippen molar-refractivity contribution in [3.63, 3.8) is 0 Å². The Hall–Kier alpha value is -2.15. The van der Waals surface area contributed by atoms with E-state index in [9.17, 15) is 24.4 Å². The number of ether oxygens (including phenoxy) is 1. The fourth-order valence-electron chi connectivity index (χ4n) is 4.37. The first-order valence-electron chi connectivity index (χ1n) is 10.9. The minimum Gasteiger partial charge on any atom is -0.403 e. The van der Waals surface area contributed by atoms with Crippen LogP contribution in [-0.2, 0) is 37.2 Å². The molecular formula is C19H25B3FN2O9P. The number of phosphoric ester groups is 1. The topological polar surface area (TPSA) is 149 Å². The molecule has 1 fully saturated rings. The van der Waals surface area contributed by atoms with Crippen molar-refractivity contribution in [2.24, 2.45) is 0 Å². The Balaban J connectivity index is 1.64. The van der Waals surface area contributed by atoms with Crippen LogP contribution in [0.5, 0.6) is 5.75 Å². The van der Waals surface area contributed by atoms with Crippen molar-refractivity contribution in [3.8, 4) is 5.75 Å². The Labute approximate surface area is 202 Å². The van der Waals surface area contributed by atoms with E-state index < -0.39 is 55.1 Å². The van der Waals surface area contributed by atoms with Crippen LogP contribution in [0.1, 0.15) is 28.7 Å². The number of phosphoric acid groups is 1. The molecule has 0 radical (unpaired) electrons. The molecule has 0 bridgehead atoms. The van der Waals surface area contributed by atoms with Crippen LogP contribution in [0.25, 0.3) is 0 Å². The lowest BCUT2D eigenvalue weighted by molar-refractivity contribution is -0.219. The van der Waals surface area contributed by atoms with Gasteiger partial charge in [0.05, 0.1) is 30.3 Å². The smallest absolute Gasteiger partial charge is 0.403 e. The van der Waals surface area contributed by atoms with Crippen molar-refractivity contribution in [2.45, 2.75) is 56.5 Å². The molecule has 0 amide bonds. The van der Waals surface area contributed by atoms with Gasteiger partial charge < -0.3 is 19.5 Å². The maximum Gasteiger partial charge on any atom is 0.529 e. The Morgan fingerprint density at radius 1 is 1.37 bits per heavy atom. The number of aliphatic hydroxyl groups is 2. The van der Waals surface area contributed by atoms with Gasteiger partial charge in [-0.25, -0.2) is 13.8 Å². The second kappa shape index (κ2) is 8.46. The largest absolute Gasteiger partial charge is 0.529 e. The number of halogens is 1. The van der Waals surface area contributed by atoms with Crippen molar-refractivity contribution in [1.29, 1.82) is 0 Å². The number of fused-ring (bicyclic) bond motifs is 1. The van der Waals surface area contributed by atoms with E-state index in [4.69, 9.17) is 18.3 Å². The number of nitrogens with one attached hydrogen (secondary N) is 1. The number of aromatic nitrogens is 2. The highest BCUT2D eigenvalue weighted by Crippen LogP contribution is 2.59. The molecule has 35 heavy (non-hydrogen) atoms. The molecule has 2 aliphatic rings. The van der Waals surface area contributed by atoms with E-state index in [1.807, 2.05) is 24.0 Å². The number of H-pyrrole nitrogens is 1. The monoisotopic (exact) mass is 508 g/mol. The predicted molar refractivity (Wildman–Crippen MR) is 129 cm³/mol. The number of aromatic amines is 1. The molecule has 0 spiro atoms. The van der Waals surface area contributed by atoms with Gasteiger partial charge in [0.1, 0.15) is 27.1 Å². The molecule has 1 unspecified atom stereocenters. The van der Waals surface area contributed by atoms with Gasteiger partial charge in [-0.05, 0) is 19.4 Å². The molecule has 1 saturated heterocycles. The van der Waals surface area contributed by atoms with Gasteiger partial charge in [-0.2, -0.15) is 0 Å². The van der Waals surface area contributed by atoms with Gasteiger partial charge in [0, 0.05) is 18.2 Å². The van der Waals surface area contributed by atoms with Crippen LogP contribution in [0.15, 0.2) is 27.9 Å². The van der Waals surface area contributed by atoms with Crippen LogP contribution in [0.3, 0.4) is 0 Å². The van der Waals surface area contributed by atoms with Crippen molar-refractivity contribution in [3.05, 3.63) is 61.4 Å². The normalized spacial score (nSPS) is 30.6. The molecular weight excluding hydrogens is 483 g/mol. The molecule has 0 saturated carbocycles. The Morgan fingerprint density at radius 3 is 2.71 bits per heavy atom.